The van der Waals surface area contributed by atoms with Gasteiger partial charge in [-0.25, -0.2) is 5.01 Å². The molecule has 5 nitrogen and oxygen atoms in total. The average Bonchev–Trinajstić information content (AvgIpc) is 3.29. The largest absolute Gasteiger partial charge is 0.284 e. The first kappa shape index (κ1) is 22.8. The predicted molar refractivity (Wildman–Crippen MR) is 127 cm³/mol. The van der Waals surface area contributed by atoms with Gasteiger partial charge < -0.3 is 0 Å². The Morgan fingerprint density at radius 3 is 2.62 bits per heavy atom. The Hall–Kier alpha value is -0.830. The number of hydrazine groups is 1. The van der Waals surface area contributed by atoms with Gasteiger partial charge in [-0.1, -0.05) is 29.6 Å². The Bertz CT molecular complexity index is 917. The van der Waals surface area contributed by atoms with Crippen LogP contribution in [0.2, 0.25) is 10.0 Å². The van der Waals surface area contributed by atoms with E-state index in [1.807, 2.05) is 21.5 Å². The van der Waals surface area contributed by atoms with Gasteiger partial charge in [0.25, 0.3) is 5.91 Å². The van der Waals surface area contributed by atoms with Gasteiger partial charge in [-0.3, -0.25) is 15.2 Å². The van der Waals surface area contributed by atoms with E-state index in [2.05, 4.69) is 32.5 Å². The topological polar surface area (TPSA) is 47.9 Å². The normalized spacial score (nSPS) is 19.6. The molecule has 1 fully saturated rings. The molecular weight excluding hydrogens is 519 g/mol. The van der Waals surface area contributed by atoms with Crippen molar-refractivity contribution in [2.75, 3.05) is 18.1 Å². The number of nitrogens with one attached hydrogen (secondary N) is 1. The van der Waals surface area contributed by atoms with E-state index in [9.17, 15) is 4.79 Å². The molecule has 4 rings (SSSR count). The van der Waals surface area contributed by atoms with Crippen molar-refractivity contribution in [1.29, 1.82) is 0 Å². The molecule has 0 bridgehead atoms. The molecule has 0 saturated carbocycles. The maximum absolute atomic E-state index is 12.8. The first-order valence-corrected chi connectivity index (χ1v) is 11.6. The molecule has 10 heteroatoms. The molecule has 0 aliphatic carbocycles. The number of amides is 1. The van der Waals surface area contributed by atoms with Crippen LogP contribution in [0.1, 0.15) is 36.6 Å². The second kappa shape index (κ2) is 9.98. The zero-order valence-corrected chi connectivity index (χ0v) is 20.1. The summed E-state index contributed by atoms with van der Waals surface area (Å²) < 4.78 is 1.01. The van der Waals surface area contributed by atoms with Crippen LogP contribution in [0.4, 0.5) is 5.69 Å². The summed E-state index contributed by atoms with van der Waals surface area (Å²) in [7, 11) is 0. The molecule has 0 radical (unpaired) electrons. The lowest BCUT2D eigenvalue weighted by Gasteiger charge is -2.26. The number of carbonyl (C=O) groups is 1. The predicted octanol–water partition coefficient (Wildman–Crippen LogP) is 6.06. The number of rotatable bonds is 4. The van der Waals surface area contributed by atoms with Crippen LogP contribution in [0.15, 0.2) is 39.2 Å². The number of hydrogen-bond acceptors (Lipinski definition) is 5. The number of hydrazone groups is 1. The summed E-state index contributed by atoms with van der Waals surface area (Å²) in [6, 6.07) is 7.30. The minimum absolute atomic E-state index is 0. The summed E-state index contributed by atoms with van der Waals surface area (Å²) in [5, 5.41) is 11.6. The Morgan fingerprint density at radius 1 is 1.21 bits per heavy atom. The lowest BCUT2D eigenvalue weighted by Crippen LogP contribution is -2.47. The number of halogens is 4. The van der Waals surface area contributed by atoms with E-state index < -0.39 is 0 Å². The van der Waals surface area contributed by atoms with E-state index in [1.165, 1.54) is 6.42 Å². The number of hydrogen-bond donors (Lipinski definition) is 1. The number of anilines is 1. The fourth-order valence-corrected chi connectivity index (χ4v) is 5.50. The van der Waals surface area contributed by atoms with E-state index in [0.29, 0.717) is 22.2 Å². The minimum Gasteiger partial charge on any atom is -0.284 e. The molecule has 156 valence electrons. The SMILES string of the molecule is Cl.O=C(NN1CCCCC1)C1=NN(c2ccc(Cl)cc2Cl)C(c2cc(Br)cs2)C1. The Morgan fingerprint density at radius 2 is 1.97 bits per heavy atom. The van der Waals surface area contributed by atoms with Crippen molar-refractivity contribution in [3.63, 3.8) is 0 Å². The highest BCUT2D eigenvalue weighted by molar-refractivity contribution is 9.10. The van der Waals surface area contributed by atoms with E-state index in [0.717, 1.165) is 41.0 Å². The Labute approximate surface area is 198 Å². The molecule has 1 N–H and O–H groups in total. The monoisotopic (exact) mass is 536 g/mol. The van der Waals surface area contributed by atoms with E-state index in [-0.39, 0.29) is 24.4 Å². The van der Waals surface area contributed by atoms with Crippen LogP contribution < -0.4 is 10.4 Å². The van der Waals surface area contributed by atoms with Gasteiger partial charge >= 0.3 is 0 Å². The van der Waals surface area contributed by atoms with Gasteiger partial charge in [-0.2, -0.15) is 5.10 Å². The molecule has 1 aromatic heterocycles. The third-order valence-corrected chi connectivity index (χ3v) is 7.19. The van der Waals surface area contributed by atoms with Gasteiger partial charge in [0.1, 0.15) is 5.71 Å². The summed E-state index contributed by atoms with van der Waals surface area (Å²) in [5.41, 5.74) is 4.25. The maximum atomic E-state index is 12.8. The van der Waals surface area contributed by atoms with Crippen molar-refractivity contribution >= 4 is 80.2 Å². The molecule has 2 aliphatic rings. The molecule has 2 aromatic rings. The average molecular weight is 539 g/mol. The summed E-state index contributed by atoms with van der Waals surface area (Å²) in [4.78, 5) is 14.0. The summed E-state index contributed by atoms with van der Waals surface area (Å²) in [6.45, 7) is 1.76. The summed E-state index contributed by atoms with van der Waals surface area (Å²) in [5.74, 6) is -0.143. The van der Waals surface area contributed by atoms with E-state index in [4.69, 9.17) is 23.2 Å². The van der Waals surface area contributed by atoms with Gasteiger partial charge in [0.2, 0.25) is 0 Å². The lowest BCUT2D eigenvalue weighted by molar-refractivity contribution is -0.119. The van der Waals surface area contributed by atoms with Gasteiger partial charge in [0, 0.05) is 39.3 Å². The van der Waals surface area contributed by atoms with Gasteiger partial charge in [0.05, 0.1) is 16.8 Å². The quantitative estimate of drug-likeness (QED) is 0.515. The smallest absolute Gasteiger partial charge is 0.281 e. The Kier molecular flexibility index (Phi) is 7.87. The molecule has 0 spiro atoms. The third kappa shape index (κ3) is 5.27. The Balaban J connectivity index is 0.00000240. The number of thiophene rings is 1. The standard InChI is InChI=1S/C19H19BrCl2N4OS.ClH/c20-12-8-18(28-11-12)17-10-15(19(27)24-25-6-2-1-3-7-25)23-26(17)16-5-4-13(21)9-14(16)22;/h4-5,8-9,11,17H,1-3,6-7,10H2,(H,24,27);1H. The van der Waals surface area contributed by atoms with Gasteiger partial charge in [-0.05, 0) is 53.0 Å². The van der Waals surface area contributed by atoms with E-state index >= 15 is 0 Å². The lowest BCUT2D eigenvalue weighted by atomic mass is 10.1. The van der Waals surface area contributed by atoms with Crippen molar-refractivity contribution < 1.29 is 4.79 Å². The first-order valence-electron chi connectivity index (χ1n) is 9.13. The molecule has 2 aliphatic heterocycles. The fraction of sp³-hybridized carbons (Fsp3) is 0.368. The van der Waals surface area contributed by atoms with Crippen LogP contribution in [0, 0.1) is 0 Å². The van der Waals surface area contributed by atoms with E-state index in [1.54, 1.807) is 23.5 Å². The number of piperidine rings is 1. The van der Waals surface area contributed by atoms with Crippen LogP contribution in [-0.2, 0) is 4.79 Å². The van der Waals surface area contributed by atoms with Crippen LogP contribution in [0.5, 0.6) is 0 Å². The van der Waals surface area contributed by atoms with Gasteiger partial charge in [0.15, 0.2) is 0 Å². The van der Waals surface area contributed by atoms with Crippen LogP contribution >= 0.6 is 62.9 Å². The van der Waals surface area contributed by atoms with Crippen LogP contribution in [0.3, 0.4) is 0 Å². The molecule has 1 aromatic carbocycles. The number of carbonyl (C=O) groups excluding carboxylic acids is 1. The maximum Gasteiger partial charge on any atom is 0.281 e. The van der Waals surface area contributed by atoms with Crippen molar-refractivity contribution in [3.8, 4) is 0 Å². The minimum atomic E-state index is -0.143. The summed E-state index contributed by atoms with van der Waals surface area (Å²) in [6.07, 6.45) is 3.94. The molecule has 1 amide bonds. The summed E-state index contributed by atoms with van der Waals surface area (Å²) >= 11 is 17.6. The number of benzene rings is 1. The van der Waals surface area contributed by atoms with Crippen molar-refractivity contribution in [1.82, 2.24) is 10.4 Å². The molecule has 1 unspecified atom stereocenters. The molecule has 29 heavy (non-hydrogen) atoms. The zero-order valence-electron chi connectivity index (χ0n) is 15.4. The van der Waals surface area contributed by atoms with Crippen molar-refractivity contribution in [2.45, 2.75) is 31.7 Å². The second-order valence-electron chi connectivity index (χ2n) is 6.86. The number of nitrogens with zero attached hydrogens (tertiary/aromatic N) is 3. The highest BCUT2D eigenvalue weighted by atomic mass is 79.9. The fourth-order valence-electron chi connectivity index (χ4n) is 3.48. The van der Waals surface area contributed by atoms with Crippen molar-refractivity contribution in [2.24, 2.45) is 5.10 Å². The zero-order chi connectivity index (χ0) is 19.7. The van der Waals surface area contributed by atoms with Crippen LogP contribution in [-0.4, -0.2) is 29.7 Å². The molecule has 3 heterocycles. The third-order valence-electron chi connectivity index (χ3n) is 4.86. The van der Waals surface area contributed by atoms with Gasteiger partial charge in [-0.15, -0.1) is 23.7 Å². The van der Waals surface area contributed by atoms with Crippen LogP contribution in [0.25, 0.3) is 0 Å². The molecule has 1 saturated heterocycles. The highest BCUT2D eigenvalue weighted by Gasteiger charge is 2.34. The van der Waals surface area contributed by atoms with Crippen molar-refractivity contribution in [3.05, 3.63) is 49.0 Å². The highest BCUT2D eigenvalue weighted by Crippen LogP contribution is 2.42. The molecular formula is C19H20BrCl3N4OS. The first-order chi connectivity index (χ1) is 13.5. The second-order valence-corrected chi connectivity index (χ2v) is 9.56. The molecule has 1 atom stereocenters.